The Hall–Kier alpha value is -1.12. The smallest absolute Gasteiger partial charge is 0.231 e. The van der Waals surface area contributed by atoms with E-state index in [1.807, 2.05) is 0 Å². The van der Waals surface area contributed by atoms with E-state index in [1.54, 1.807) is 0 Å². The van der Waals surface area contributed by atoms with Crippen LogP contribution in [0.4, 0.5) is 0 Å². The third-order valence-electron chi connectivity index (χ3n) is 3.38. The van der Waals surface area contributed by atoms with Gasteiger partial charge in [-0.05, 0) is 32.4 Å². The van der Waals surface area contributed by atoms with Gasteiger partial charge in [-0.2, -0.15) is 5.26 Å². The summed E-state index contributed by atoms with van der Waals surface area (Å²) in [5, 5.41) is 12.1. The molecule has 96 valence electrons. The van der Waals surface area contributed by atoms with Crippen molar-refractivity contribution >= 4 is 5.91 Å². The summed E-state index contributed by atoms with van der Waals surface area (Å²) in [6.07, 6.45) is 3.39. The van der Waals surface area contributed by atoms with Crippen molar-refractivity contribution in [1.29, 1.82) is 5.26 Å². The number of carbonyl (C=O) groups excluding carboxylic acids is 1. The lowest BCUT2D eigenvalue weighted by atomic mass is 10.00. The standard InChI is InChI=1S/C12H22N4O/c1-2-10(3-6-13)16(9-12(14)17)11-4-7-15-8-5-11/h10-11,15H,2-5,7-9H2,1H3,(H2,14,17). The molecule has 0 saturated carbocycles. The van der Waals surface area contributed by atoms with Crippen molar-refractivity contribution in [3.05, 3.63) is 0 Å². The summed E-state index contributed by atoms with van der Waals surface area (Å²) in [5.41, 5.74) is 5.31. The first-order valence-electron chi connectivity index (χ1n) is 6.30. The maximum Gasteiger partial charge on any atom is 0.231 e. The second-order valence-corrected chi connectivity index (χ2v) is 4.54. The quantitative estimate of drug-likeness (QED) is 0.693. The predicted octanol–water partition coefficient (Wildman–Crippen LogP) is 0.218. The molecule has 5 heteroatoms. The van der Waals surface area contributed by atoms with Crippen LogP contribution in [0.25, 0.3) is 0 Å². The van der Waals surface area contributed by atoms with Crippen LogP contribution < -0.4 is 11.1 Å². The molecule has 1 unspecified atom stereocenters. The van der Waals surface area contributed by atoms with Gasteiger partial charge in [0.05, 0.1) is 19.0 Å². The van der Waals surface area contributed by atoms with E-state index >= 15 is 0 Å². The number of nitrogens with two attached hydrogens (primary N) is 1. The molecule has 5 nitrogen and oxygen atoms in total. The molecule has 1 rings (SSSR count). The highest BCUT2D eigenvalue weighted by atomic mass is 16.1. The maximum atomic E-state index is 11.2. The number of hydrogen-bond acceptors (Lipinski definition) is 4. The molecule has 3 N–H and O–H groups in total. The van der Waals surface area contributed by atoms with Crippen LogP contribution in [-0.4, -0.2) is 42.5 Å². The summed E-state index contributed by atoms with van der Waals surface area (Å²) in [4.78, 5) is 13.3. The number of primary amides is 1. The molecule has 1 atom stereocenters. The summed E-state index contributed by atoms with van der Waals surface area (Å²) in [7, 11) is 0. The molecular weight excluding hydrogens is 216 g/mol. The molecule has 0 radical (unpaired) electrons. The summed E-state index contributed by atoms with van der Waals surface area (Å²) >= 11 is 0. The Bertz CT molecular complexity index is 281. The number of nitrogens with zero attached hydrogens (tertiary/aromatic N) is 2. The number of nitriles is 1. The van der Waals surface area contributed by atoms with Crippen LogP contribution in [0.3, 0.4) is 0 Å². The minimum absolute atomic E-state index is 0.149. The molecule has 0 aliphatic carbocycles. The van der Waals surface area contributed by atoms with Crippen molar-refractivity contribution in [2.45, 2.75) is 44.7 Å². The van der Waals surface area contributed by atoms with Gasteiger partial charge in [-0.15, -0.1) is 0 Å². The molecule has 1 aliphatic rings. The van der Waals surface area contributed by atoms with Gasteiger partial charge in [0.25, 0.3) is 0 Å². The van der Waals surface area contributed by atoms with Crippen LogP contribution in [0.2, 0.25) is 0 Å². The van der Waals surface area contributed by atoms with Gasteiger partial charge in [-0.25, -0.2) is 0 Å². The van der Waals surface area contributed by atoms with E-state index in [0.29, 0.717) is 12.5 Å². The van der Waals surface area contributed by atoms with E-state index in [-0.39, 0.29) is 18.5 Å². The molecule has 1 saturated heterocycles. The lowest BCUT2D eigenvalue weighted by Gasteiger charge is -2.38. The van der Waals surface area contributed by atoms with Crippen molar-refractivity contribution in [2.24, 2.45) is 5.73 Å². The van der Waals surface area contributed by atoms with Gasteiger partial charge in [-0.1, -0.05) is 6.92 Å². The van der Waals surface area contributed by atoms with Crippen LogP contribution in [0.1, 0.15) is 32.6 Å². The zero-order chi connectivity index (χ0) is 12.7. The topological polar surface area (TPSA) is 82.2 Å². The number of carbonyl (C=O) groups is 1. The molecule has 0 aromatic rings. The molecule has 0 bridgehead atoms. The van der Waals surface area contributed by atoms with E-state index in [9.17, 15) is 4.79 Å². The number of hydrogen-bond donors (Lipinski definition) is 2. The first-order chi connectivity index (χ1) is 8.19. The Labute approximate surface area is 103 Å². The highest BCUT2D eigenvalue weighted by Crippen LogP contribution is 2.18. The van der Waals surface area contributed by atoms with Gasteiger partial charge in [0, 0.05) is 12.1 Å². The Morgan fingerprint density at radius 1 is 1.59 bits per heavy atom. The largest absolute Gasteiger partial charge is 0.369 e. The molecule has 17 heavy (non-hydrogen) atoms. The van der Waals surface area contributed by atoms with Crippen LogP contribution >= 0.6 is 0 Å². The fourth-order valence-corrected chi connectivity index (χ4v) is 2.48. The van der Waals surface area contributed by atoms with Gasteiger partial charge in [0.2, 0.25) is 5.91 Å². The van der Waals surface area contributed by atoms with Crippen LogP contribution in [0.5, 0.6) is 0 Å². The summed E-state index contributed by atoms with van der Waals surface area (Å²) in [6, 6.07) is 2.73. The van der Waals surface area contributed by atoms with Crippen LogP contribution in [-0.2, 0) is 4.79 Å². The number of nitrogens with one attached hydrogen (secondary N) is 1. The average Bonchev–Trinajstić information content (AvgIpc) is 2.34. The predicted molar refractivity (Wildman–Crippen MR) is 66.1 cm³/mol. The monoisotopic (exact) mass is 238 g/mol. The molecule has 1 aliphatic heterocycles. The van der Waals surface area contributed by atoms with Gasteiger partial charge in [0.1, 0.15) is 0 Å². The maximum absolute atomic E-state index is 11.2. The first kappa shape index (κ1) is 13.9. The Morgan fingerprint density at radius 3 is 2.71 bits per heavy atom. The third kappa shape index (κ3) is 4.33. The van der Waals surface area contributed by atoms with Crippen molar-refractivity contribution in [3.63, 3.8) is 0 Å². The lowest BCUT2D eigenvalue weighted by molar-refractivity contribution is -0.120. The molecule has 1 amide bonds. The van der Waals surface area contributed by atoms with Gasteiger partial charge >= 0.3 is 0 Å². The Morgan fingerprint density at radius 2 is 2.24 bits per heavy atom. The molecular formula is C12H22N4O. The van der Waals surface area contributed by atoms with E-state index < -0.39 is 0 Å². The van der Waals surface area contributed by atoms with E-state index in [4.69, 9.17) is 11.0 Å². The Balaban J connectivity index is 2.69. The highest BCUT2D eigenvalue weighted by molar-refractivity contribution is 5.76. The van der Waals surface area contributed by atoms with Crippen molar-refractivity contribution < 1.29 is 4.79 Å². The number of amides is 1. The zero-order valence-electron chi connectivity index (χ0n) is 10.5. The third-order valence-corrected chi connectivity index (χ3v) is 3.38. The van der Waals surface area contributed by atoms with E-state index in [2.05, 4.69) is 23.2 Å². The summed E-state index contributed by atoms with van der Waals surface area (Å²) in [5.74, 6) is -0.306. The fraction of sp³-hybridized carbons (Fsp3) is 0.833. The van der Waals surface area contributed by atoms with Crippen molar-refractivity contribution in [1.82, 2.24) is 10.2 Å². The molecule has 0 aromatic heterocycles. The molecule has 0 aromatic carbocycles. The minimum Gasteiger partial charge on any atom is -0.369 e. The van der Waals surface area contributed by atoms with Crippen LogP contribution in [0.15, 0.2) is 0 Å². The molecule has 1 fully saturated rings. The normalized spacial score (nSPS) is 18.9. The number of rotatable bonds is 6. The van der Waals surface area contributed by atoms with E-state index in [0.717, 1.165) is 32.4 Å². The van der Waals surface area contributed by atoms with E-state index in [1.165, 1.54) is 0 Å². The SMILES string of the molecule is CCC(CC#N)N(CC(N)=O)C1CCNCC1. The van der Waals surface area contributed by atoms with Gasteiger partial charge < -0.3 is 11.1 Å². The molecule has 1 heterocycles. The second kappa shape index (κ2) is 7.25. The second-order valence-electron chi connectivity index (χ2n) is 4.54. The van der Waals surface area contributed by atoms with Gasteiger partial charge in [0.15, 0.2) is 0 Å². The summed E-state index contributed by atoms with van der Waals surface area (Å²) in [6.45, 7) is 4.27. The average molecular weight is 238 g/mol. The summed E-state index contributed by atoms with van der Waals surface area (Å²) < 4.78 is 0. The molecule has 0 spiro atoms. The number of piperidine rings is 1. The Kier molecular flexibility index (Phi) is 5.95. The van der Waals surface area contributed by atoms with Gasteiger partial charge in [-0.3, -0.25) is 9.69 Å². The van der Waals surface area contributed by atoms with Crippen molar-refractivity contribution in [3.8, 4) is 6.07 Å². The van der Waals surface area contributed by atoms with Crippen molar-refractivity contribution in [2.75, 3.05) is 19.6 Å². The minimum atomic E-state index is -0.306. The first-order valence-corrected chi connectivity index (χ1v) is 6.30. The fourth-order valence-electron chi connectivity index (χ4n) is 2.48. The highest BCUT2D eigenvalue weighted by Gasteiger charge is 2.27. The van der Waals surface area contributed by atoms with Crippen LogP contribution in [0, 0.1) is 11.3 Å². The zero-order valence-corrected chi connectivity index (χ0v) is 10.5. The lowest BCUT2D eigenvalue weighted by Crippen LogP contribution is -2.50.